The Hall–Kier alpha value is -2.33. The average molecular weight is 338 g/mol. The van der Waals surface area contributed by atoms with Crippen molar-refractivity contribution < 1.29 is 9.53 Å². The maximum Gasteiger partial charge on any atom is 0.260 e. The number of benzene rings is 2. The molecule has 0 spiro atoms. The minimum absolute atomic E-state index is 0.0401. The van der Waals surface area contributed by atoms with Crippen LogP contribution in [0.15, 0.2) is 54.6 Å². The van der Waals surface area contributed by atoms with E-state index in [0.29, 0.717) is 5.75 Å². The summed E-state index contributed by atoms with van der Waals surface area (Å²) in [5.41, 5.74) is 2.30. The molecule has 2 aromatic carbocycles. The summed E-state index contributed by atoms with van der Waals surface area (Å²) in [5, 5.41) is 3.11. The normalized spacial score (nSPS) is 17.0. The predicted octanol–water partition coefficient (Wildman–Crippen LogP) is 3.33. The van der Waals surface area contributed by atoms with Crippen molar-refractivity contribution in [1.29, 1.82) is 0 Å². The van der Waals surface area contributed by atoms with Gasteiger partial charge in [0.25, 0.3) is 5.91 Å². The smallest absolute Gasteiger partial charge is 0.260 e. The Morgan fingerprint density at radius 2 is 1.64 bits per heavy atom. The number of piperidine rings is 1. The summed E-state index contributed by atoms with van der Waals surface area (Å²) in [4.78, 5) is 14.6. The molecule has 0 bridgehead atoms. The number of nitrogens with zero attached hydrogens (tertiary/aromatic N) is 1. The quantitative estimate of drug-likeness (QED) is 0.909. The molecule has 3 rings (SSSR count). The number of carbonyl (C=O) groups is 1. The molecular weight excluding hydrogens is 312 g/mol. The van der Waals surface area contributed by atoms with E-state index in [1.165, 1.54) is 5.56 Å². The van der Waals surface area contributed by atoms with Crippen LogP contribution in [0.25, 0.3) is 11.1 Å². The Kier molecular flexibility index (Phi) is 5.71. The third-order valence-electron chi connectivity index (χ3n) is 4.71. The highest BCUT2D eigenvalue weighted by atomic mass is 16.5. The molecule has 1 aliphatic heterocycles. The van der Waals surface area contributed by atoms with Gasteiger partial charge in [0.2, 0.25) is 0 Å². The minimum Gasteiger partial charge on any atom is -0.481 e. The van der Waals surface area contributed by atoms with Crippen LogP contribution in [0.5, 0.6) is 5.75 Å². The number of likely N-dealkylation sites (tertiary alicyclic amines) is 1. The van der Waals surface area contributed by atoms with Crippen LogP contribution in [-0.2, 0) is 4.79 Å². The maximum atomic E-state index is 12.3. The van der Waals surface area contributed by atoms with Gasteiger partial charge in [-0.1, -0.05) is 42.5 Å². The Morgan fingerprint density at radius 3 is 2.28 bits per heavy atom. The molecule has 1 aliphatic rings. The molecule has 1 amide bonds. The molecule has 0 unspecified atom stereocenters. The molecular formula is C21H26N2O2. The van der Waals surface area contributed by atoms with Gasteiger partial charge >= 0.3 is 0 Å². The van der Waals surface area contributed by atoms with Gasteiger partial charge in [-0.25, -0.2) is 0 Å². The number of nitrogens with one attached hydrogen (secondary N) is 1. The van der Waals surface area contributed by atoms with Crippen LogP contribution < -0.4 is 10.1 Å². The van der Waals surface area contributed by atoms with Crippen molar-refractivity contribution >= 4 is 5.91 Å². The number of ether oxygens (including phenoxy) is 1. The van der Waals surface area contributed by atoms with Crippen LogP contribution in [0.1, 0.15) is 19.8 Å². The topological polar surface area (TPSA) is 41.6 Å². The first-order chi connectivity index (χ1) is 12.1. The van der Waals surface area contributed by atoms with Gasteiger partial charge in [0.05, 0.1) is 0 Å². The number of rotatable bonds is 5. The fourth-order valence-corrected chi connectivity index (χ4v) is 3.09. The summed E-state index contributed by atoms with van der Waals surface area (Å²) in [6.07, 6.45) is 1.50. The Bertz CT molecular complexity index is 677. The molecule has 25 heavy (non-hydrogen) atoms. The molecule has 1 heterocycles. The lowest BCUT2D eigenvalue weighted by molar-refractivity contribution is -0.128. The van der Waals surface area contributed by atoms with E-state index >= 15 is 0 Å². The molecule has 1 fully saturated rings. The number of hydrogen-bond donors (Lipinski definition) is 1. The SMILES string of the molecule is C[C@H](Oc1ccc(-c2ccccc2)cc1)C(=O)NC1CCN(C)CC1. The summed E-state index contributed by atoms with van der Waals surface area (Å²) >= 11 is 0. The van der Waals surface area contributed by atoms with Gasteiger partial charge in [-0.3, -0.25) is 4.79 Å². The zero-order valence-electron chi connectivity index (χ0n) is 14.9. The molecule has 0 saturated carbocycles. The van der Waals surface area contributed by atoms with Gasteiger partial charge in [0, 0.05) is 6.04 Å². The molecule has 0 radical (unpaired) electrons. The highest BCUT2D eigenvalue weighted by molar-refractivity contribution is 5.81. The summed E-state index contributed by atoms with van der Waals surface area (Å²) in [6.45, 7) is 3.86. The van der Waals surface area contributed by atoms with E-state index in [1.54, 1.807) is 6.92 Å². The minimum atomic E-state index is -0.498. The molecule has 1 saturated heterocycles. The maximum absolute atomic E-state index is 12.3. The van der Waals surface area contributed by atoms with Gasteiger partial charge in [-0.15, -0.1) is 0 Å². The molecule has 0 aliphatic carbocycles. The lowest BCUT2D eigenvalue weighted by Crippen LogP contribution is -2.47. The summed E-state index contributed by atoms with van der Waals surface area (Å²) in [7, 11) is 2.11. The van der Waals surface area contributed by atoms with Gasteiger partial charge < -0.3 is 15.0 Å². The van der Waals surface area contributed by atoms with Crippen molar-refractivity contribution in [2.75, 3.05) is 20.1 Å². The van der Waals surface area contributed by atoms with E-state index in [4.69, 9.17) is 4.74 Å². The molecule has 132 valence electrons. The van der Waals surface area contributed by atoms with Crippen LogP contribution >= 0.6 is 0 Å². The molecule has 4 nitrogen and oxygen atoms in total. The van der Waals surface area contributed by atoms with E-state index in [0.717, 1.165) is 31.5 Å². The summed E-state index contributed by atoms with van der Waals surface area (Å²) in [5.74, 6) is 0.674. The standard InChI is InChI=1S/C21H26N2O2/c1-16(21(24)22-19-12-14-23(2)15-13-19)25-20-10-8-18(9-11-20)17-6-4-3-5-7-17/h3-11,16,19H,12-15H2,1-2H3,(H,22,24)/t16-/m0/s1. The lowest BCUT2D eigenvalue weighted by Gasteiger charge is -2.30. The predicted molar refractivity (Wildman–Crippen MR) is 101 cm³/mol. The van der Waals surface area contributed by atoms with Crippen molar-refractivity contribution in [1.82, 2.24) is 10.2 Å². The molecule has 4 heteroatoms. The Morgan fingerprint density at radius 1 is 1.04 bits per heavy atom. The van der Waals surface area contributed by atoms with Crippen LogP contribution in [0, 0.1) is 0 Å². The summed E-state index contributed by atoms with van der Waals surface area (Å²) < 4.78 is 5.81. The molecule has 1 N–H and O–H groups in total. The van der Waals surface area contributed by atoms with E-state index in [2.05, 4.69) is 29.4 Å². The van der Waals surface area contributed by atoms with Crippen molar-refractivity contribution in [2.45, 2.75) is 31.9 Å². The van der Waals surface area contributed by atoms with Crippen LogP contribution in [0.2, 0.25) is 0 Å². The third-order valence-corrected chi connectivity index (χ3v) is 4.71. The first kappa shape index (κ1) is 17.5. The number of carbonyl (C=O) groups excluding carboxylic acids is 1. The monoisotopic (exact) mass is 338 g/mol. The van der Waals surface area contributed by atoms with Crippen LogP contribution in [-0.4, -0.2) is 43.1 Å². The van der Waals surface area contributed by atoms with Gasteiger partial charge in [0.15, 0.2) is 6.10 Å². The largest absolute Gasteiger partial charge is 0.481 e. The van der Waals surface area contributed by atoms with Crippen LogP contribution in [0.3, 0.4) is 0 Å². The Balaban J connectivity index is 1.53. The van der Waals surface area contributed by atoms with Crippen molar-refractivity contribution in [3.63, 3.8) is 0 Å². The first-order valence-corrected chi connectivity index (χ1v) is 8.93. The second kappa shape index (κ2) is 8.17. The van der Waals surface area contributed by atoms with E-state index < -0.39 is 6.10 Å². The van der Waals surface area contributed by atoms with E-state index in [9.17, 15) is 4.79 Å². The highest BCUT2D eigenvalue weighted by Crippen LogP contribution is 2.22. The van der Waals surface area contributed by atoms with Gasteiger partial charge in [-0.2, -0.15) is 0 Å². The van der Waals surface area contributed by atoms with Crippen LogP contribution in [0.4, 0.5) is 0 Å². The Labute approximate surface area is 149 Å². The zero-order chi connectivity index (χ0) is 17.6. The number of amides is 1. The van der Waals surface area contributed by atoms with Gasteiger partial charge in [-0.05, 0) is 63.2 Å². The third kappa shape index (κ3) is 4.83. The highest BCUT2D eigenvalue weighted by Gasteiger charge is 2.22. The molecule has 1 atom stereocenters. The van der Waals surface area contributed by atoms with Gasteiger partial charge in [0.1, 0.15) is 5.75 Å². The fourth-order valence-electron chi connectivity index (χ4n) is 3.09. The van der Waals surface area contributed by atoms with Crippen molar-refractivity contribution in [3.8, 4) is 16.9 Å². The summed E-state index contributed by atoms with van der Waals surface area (Å²) in [6, 6.07) is 18.3. The zero-order valence-corrected chi connectivity index (χ0v) is 14.9. The van der Waals surface area contributed by atoms with Crippen molar-refractivity contribution in [2.24, 2.45) is 0 Å². The van der Waals surface area contributed by atoms with E-state index in [1.807, 2.05) is 42.5 Å². The first-order valence-electron chi connectivity index (χ1n) is 8.93. The second-order valence-corrected chi connectivity index (χ2v) is 6.74. The fraction of sp³-hybridized carbons (Fsp3) is 0.381. The average Bonchev–Trinajstić information content (AvgIpc) is 2.65. The van der Waals surface area contributed by atoms with E-state index in [-0.39, 0.29) is 11.9 Å². The lowest BCUT2D eigenvalue weighted by atomic mass is 10.1. The molecule has 2 aromatic rings. The second-order valence-electron chi connectivity index (χ2n) is 6.74. The molecule has 0 aromatic heterocycles. The van der Waals surface area contributed by atoms with Crippen molar-refractivity contribution in [3.05, 3.63) is 54.6 Å². The number of hydrogen-bond acceptors (Lipinski definition) is 3.